The zero-order valence-corrected chi connectivity index (χ0v) is 11.8. The summed E-state index contributed by atoms with van der Waals surface area (Å²) in [6, 6.07) is 1.97. The minimum absolute atomic E-state index is 0.439. The van der Waals surface area contributed by atoms with Crippen molar-refractivity contribution in [2.45, 2.75) is 13.8 Å². The van der Waals surface area contributed by atoms with Gasteiger partial charge in [-0.15, -0.1) is 11.3 Å². The number of hydrogen-bond donors (Lipinski definition) is 2. The number of aryl methyl sites for hydroxylation is 2. The molecule has 7 nitrogen and oxygen atoms in total. The van der Waals surface area contributed by atoms with Crippen molar-refractivity contribution in [1.82, 2.24) is 24.7 Å². The van der Waals surface area contributed by atoms with Crippen LogP contribution in [0.3, 0.4) is 0 Å². The molecule has 3 N–H and O–H groups in total. The number of nitrogens with two attached hydrogens (primary N) is 1. The van der Waals surface area contributed by atoms with Gasteiger partial charge < -0.3 is 11.1 Å². The molecule has 0 aliphatic heterocycles. The van der Waals surface area contributed by atoms with E-state index in [0.29, 0.717) is 17.3 Å². The van der Waals surface area contributed by atoms with E-state index in [9.17, 15) is 0 Å². The standard InChI is InChI=1S/C12H13N7S/c1-7-5-8(2)19(18-7)11-9(13)10(15-6-16-11)17-12-14-3-4-20-12/h3-6H,13H2,1-2H3,(H,14,15,16,17). The molecule has 0 fully saturated rings. The molecule has 0 unspecified atom stereocenters. The van der Waals surface area contributed by atoms with Gasteiger partial charge in [-0.05, 0) is 19.9 Å². The second-order valence-electron chi connectivity index (χ2n) is 4.26. The first kappa shape index (κ1) is 12.5. The predicted octanol–water partition coefficient (Wildman–Crippen LogP) is 2.06. The fourth-order valence-corrected chi connectivity index (χ4v) is 2.41. The minimum atomic E-state index is 0.439. The Kier molecular flexibility index (Phi) is 3.07. The lowest BCUT2D eigenvalue weighted by Gasteiger charge is -2.10. The Bertz CT molecular complexity index is 732. The maximum Gasteiger partial charge on any atom is 0.188 e. The van der Waals surface area contributed by atoms with Gasteiger partial charge in [-0.1, -0.05) is 0 Å². The number of rotatable bonds is 3. The zero-order valence-electron chi connectivity index (χ0n) is 11.0. The molecule has 0 aromatic carbocycles. The van der Waals surface area contributed by atoms with Gasteiger partial charge in [0.15, 0.2) is 16.8 Å². The summed E-state index contributed by atoms with van der Waals surface area (Å²) >= 11 is 1.47. The van der Waals surface area contributed by atoms with Gasteiger partial charge in [-0.25, -0.2) is 19.6 Å². The van der Waals surface area contributed by atoms with E-state index >= 15 is 0 Å². The molecule has 102 valence electrons. The van der Waals surface area contributed by atoms with Crippen LogP contribution in [0.25, 0.3) is 5.82 Å². The van der Waals surface area contributed by atoms with E-state index in [1.165, 1.54) is 17.7 Å². The Morgan fingerprint density at radius 3 is 2.75 bits per heavy atom. The Morgan fingerprint density at radius 2 is 2.10 bits per heavy atom. The van der Waals surface area contributed by atoms with E-state index < -0.39 is 0 Å². The molecule has 0 radical (unpaired) electrons. The Morgan fingerprint density at radius 1 is 1.25 bits per heavy atom. The van der Waals surface area contributed by atoms with Gasteiger partial charge in [0.2, 0.25) is 0 Å². The number of anilines is 3. The van der Waals surface area contributed by atoms with E-state index in [1.54, 1.807) is 10.9 Å². The predicted molar refractivity (Wildman–Crippen MR) is 78.4 cm³/mol. The van der Waals surface area contributed by atoms with E-state index in [4.69, 9.17) is 5.73 Å². The molecule has 3 rings (SSSR count). The quantitative estimate of drug-likeness (QED) is 0.765. The highest BCUT2D eigenvalue weighted by Crippen LogP contribution is 2.26. The Hall–Kier alpha value is -2.48. The highest BCUT2D eigenvalue weighted by Gasteiger charge is 2.13. The highest BCUT2D eigenvalue weighted by molar-refractivity contribution is 7.13. The third-order valence-electron chi connectivity index (χ3n) is 2.73. The van der Waals surface area contributed by atoms with Crippen LogP contribution in [-0.2, 0) is 0 Å². The first-order valence-corrected chi connectivity index (χ1v) is 6.84. The number of aromatic nitrogens is 5. The summed E-state index contributed by atoms with van der Waals surface area (Å²) in [6.45, 7) is 3.88. The molecule has 0 saturated heterocycles. The summed E-state index contributed by atoms with van der Waals surface area (Å²) in [7, 11) is 0. The van der Waals surface area contributed by atoms with Crippen LogP contribution < -0.4 is 11.1 Å². The van der Waals surface area contributed by atoms with Crippen LogP contribution in [0.1, 0.15) is 11.4 Å². The number of nitrogens with zero attached hydrogens (tertiary/aromatic N) is 5. The van der Waals surface area contributed by atoms with Crippen molar-refractivity contribution in [3.63, 3.8) is 0 Å². The van der Waals surface area contributed by atoms with Gasteiger partial charge in [0.05, 0.1) is 5.69 Å². The van der Waals surface area contributed by atoms with E-state index in [0.717, 1.165) is 16.5 Å². The lowest BCUT2D eigenvalue weighted by molar-refractivity contribution is 0.804. The third-order valence-corrected chi connectivity index (χ3v) is 3.42. The Balaban J connectivity index is 2.03. The third kappa shape index (κ3) is 2.21. The van der Waals surface area contributed by atoms with Gasteiger partial charge in [0.1, 0.15) is 12.0 Å². The van der Waals surface area contributed by atoms with Gasteiger partial charge in [-0.2, -0.15) is 5.10 Å². The second-order valence-corrected chi connectivity index (χ2v) is 5.16. The summed E-state index contributed by atoms with van der Waals surface area (Å²) in [4.78, 5) is 12.5. The summed E-state index contributed by atoms with van der Waals surface area (Å²) < 4.78 is 1.71. The molecule has 0 aliphatic carbocycles. The van der Waals surface area contributed by atoms with Crippen LogP contribution in [0.15, 0.2) is 24.0 Å². The molecular formula is C12H13N7S. The smallest absolute Gasteiger partial charge is 0.188 e. The van der Waals surface area contributed by atoms with Crippen molar-refractivity contribution in [3.05, 3.63) is 35.4 Å². The number of nitrogens with one attached hydrogen (secondary N) is 1. The first-order chi connectivity index (χ1) is 9.65. The molecule has 3 heterocycles. The average molecular weight is 287 g/mol. The van der Waals surface area contributed by atoms with Crippen LogP contribution in [0.5, 0.6) is 0 Å². The number of hydrogen-bond acceptors (Lipinski definition) is 7. The normalized spacial score (nSPS) is 10.7. The SMILES string of the molecule is Cc1cc(C)n(-c2ncnc(Nc3nccs3)c2N)n1. The second kappa shape index (κ2) is 4.89. The van der Waals surface area contributed by atoms with Gasteiger partial charge in [-0.3, -0.25) is 0 Å². The molecular weight excluding hydrogens is 274 g/mol. The molecule has 0 amide bonds. The molecule has 0 spiro atoms. The van der Waals surface area contributed by atoms with Crippen LogP contribution in [-0.4, -0.2) is 24.7 Å². The molecule has 20 heavy (non-hydrogen) atoms. The van der Waals surface area contributed by atoms with Crippen molar-refractivity contribution >= 4 is 28.0 Å². The lowest BCUT2D eigenvalue weighted by Crippen LogP contribution is -2.09. The van der Waals surface area contributed by atoms with E-state index in [2.05, 4.69) is 25.4 Å². The van der Waals surface area contributed by atoms with Crippen molar-refractivity contribution in [1.29, 1.82) is 0 Å². The molecule has 0 aliphatic rings. The molecule has 3 aromatic rings. The maximum absolute atomic E-state index is 6.14. The first-order valence-electron chi connectivity index (χ1n) is 5.96. The average Bonchev–Trinajstić information content (AvgIpc) is 3.02. The van der Waals surface area contributed by atoms with Crippen molar-refractivity contribution in [3.8, 4) is 5.82 Å². The van der Waals surface area contributed by atoms with Crippen LogP contribution in [0.2, 0.25) is 0 Å². The summed E-state index contributed by atoms with van der Waals surface area (Å²) in [5.41, 5.74) is 8.46. The summed E-state index contributed by atoms with van der Waals surface area (Å²) in [5, 5.41) is 10.1. The summed E-state index contributed by atoms with van der Waals surface area (Å²) in [6.07, 6.45) is 3.17. The molecule has 0 saturated carbocycles. The fraction of sp³-hybridized carbons (Fsp3) is 0.167. The monoisotopic (exact) mass is 287 g/mol. The van der Waals surface area contributed by atoms with Crippen molar-refractivity contribution in [2.75, 3.05) is 11.1 Å². The number of nitrogen functional groups attached to an aromatic ring is 1. The largest absolute Gasteiger partial charge is 0.393 e. The van der Waals surface area contributed by atoms with Crippen LogP contribution in [0.4, 0.5) is 16.6 Å². The van der Waals surface area contributed by atoms with Crippen LogP contribution >= 0.6 is 11.3 Å². The van der Waals surface area contributed by atoms with Crippen molar-refractivity contribution in [2.24, 2.45) is 0 Å². The lowest BCUT2D eigenvalue weighted by atomic mass is 10.4. The zero-order chi connectivity index (χ0) is 14.1. The molecule has 8 heteroatoms. The van der Waals surface area contributed by atoms with Gasteiger partial charge in [0.25, 0.3) is 0 Å². The maximum atomic E-state index is 6.14. The van der Waals surface area contributed by atoms with Crippen LogP contribution in [0, 0.1) is 13.8 Å². The van der Waals surface area contributed by atoms with Gasteiger partial charge in [0, 0.05) is 17.3 Å². The topological polar surface area (TPSA) is 94.5 Å². The molecule has 3 aromatic heterocycles. The minimum Gasteiger partial charge on any atom is -0.393 e. The van der Waals surface area contributed by atoms with Gasteiger partial charge >= 0.3 is 0 Å². The van der Waals surface area contributed by atoms with E-state index in [-0.39, 0.29) is 0 Å². The Labute approximate surface area is 119 Å². The molecule has 0 atom stereocenters. The summed E-state index contributed by atoms with van der Waals surface area (Å²) in [5.74, 6) is 1.09. The number of thiazole rings is 1. The van der Waals surface area contributed by atoms with E-state index in [1.807, 2.05) is 25.3 Å². The van der Waals surface area contributed by atoms with Crippen molar-refractivity contribution < 1.29 is 0 Å². The molecule has 0 bridgehead atoms. The fourth-order valence-electron chi connectivity index (χ4n) is 1.88. The highest BCUT2D eigenvalue weighted by atomic mass is 32.1.